The van der Waals surface area contributed by atoms with Crippen molar-refractivity contribution in [2.45, 2.75) is 25.6 Å². The van der Waals surface area contributed by atoms with Gasteiger partial charge in [-0.1, -0.05) is 59.6 Å². The zero-order chi connectivity index (χ0) is 25.5. The second-order valence-electron chi connectivity index (χ2n) is 9.51. The Hall–Kier alpha value is -3.32. The third-order valence-electron chi connectivity index (χ3n) is 7.25. The van der Waals surface area contributed by atoms with Crippen LogP contribution in [0, 0.1) is 25.7 Å². The Balaban J connectivity index is 1.57. The van der Waals surface area contributed by atoms with E-state index in [1.54, 1.807) is 36.4 Å². The summed E-state index contributed by atoms with van der Waals surface area (Å²) in [6, 6.07) is 16.4. The normalized spacial score (nSPS) is 24.1. The molecule has 6 rings (SSSR count). The first kappa shape index (κ1) is 23.1. The van der Waals surface area contributed by atoms with Crippen molar-refractivity contribution in [3.05, 3.63) is 98.5 Å². The van der Waals surface area contributed by atoms with E-state index in [1.165, 1.54) is 18.2 Å². The fourth-order valence-electron chi connectivity index (χ4n) is 5.87. The van der Waals surface area contributed by atoms with Gasteiger partial charge in [-0.25, -0.2) is 4.90 Å². The highest BCUT2D eigenvalue weighted by Crippen LogP contribution is 2.58. The largest absolute Gasteiger partial charge is 0.349 e. The average molecular weight is 520 g/mol. The van der Waals surface area contributed by atoms with Crippen LogP contribution in [0.1, 0.15) is 43.5 Å². The molecule has 3 aromatic carbocycles. The van der Waals surface area contributed by atoms with Gasteiger partial charge in [-0.05, 0) is 49.2 Å². The molecule has 0 bridgehead atoms. The van der Waals surface area contributed by atoms with E-state index in [1.807, 2.05) is 19.9 Å². The molecule has 2 amide bonds. The van der Waals surface area contributed by atoms with Crippen LogP contribution in [0.5, 0.6) is 0 Å². The number of nitrogens with zero attached hydrogens (tertiary/aromatic N) is 1. The number of Topliss-reactive ketones (excluding diaryl/α,β-unsaturated/α-hetero) is 2. The van der Waals surface area contributed by atoms with Crippen molar-refractivity contribution >= 4 is 52.3 Å². The monoisotopic (exact) mass is 519 g/mol. The van der Waals surface area contributed by atoms with E-state index >= 15 is 0 Å². The van der Waals surface area contributed by atoms with Crippen LogP contribution in [-0.2, 0) is 14.3 Å². The number of halogens is 2. The van der Waals surface area contributed by atoms with Gasteiger partial charge in [0.25, 0.3) is 0 Å². The van der Waals surface area contributed by atoms with Gasteiger partial charge in [-0.15, -0.1) is 0 Å². The van der Waals surface area contributed by atoms with E-state index < -0.39 is 46.9 Å². The SMILES string of the molecule is Cc1cc(C)cc(N2C(=O)[C@H]3[C@@H](C2=O)C2(O[C@H]3c3ccc(Cl)cc3Cl)C(=O)c3ccccc3C2=O)c1. The summed E-state index contributed by atoms with van der Waals surface area (Å²) in [6.45, 7) is 3.73. The number of benzene rings is 3. The number of aryl methyl sites for hydroxylation is 2. The van der Waals surface area contributed by atoms with Crippen molar-refractivity contribution in [2.24, 2.45) is 11.8 Å². The van der Waals surface area contributed by atoms with E-state index in [4.69, 9.17) is 27.9 Å². The minimum Gasteiger partial charge on any atom is -0.349 e. The third kappa shape index (κ3) is 2.95. The highest BCUT2D eigenvalue weighted by molar-refractivity contribution is 6.37. The molecule has 2 aliphatic heterocycles. The molecule has 2 heterocycles. The molecule has 8 heteroatoms. The summed E-state index contributed by atoms with van der Waals surface area (Å²) >= 11 is 12.6. The van der Waals surface area contributed by atoms with Crippen LogP contribution in [0.2, 0.25) is 10.0 Å². The lowest BCUT2D eigenvalue weighted by atomic mass is 9.77. The molecule has 2 saturated heterocycles. The van der Waals surface area contributed by atoms with Gasteiger partial charge in [0.2, 0.25) is 29.0 Å². The Labute approximate surface area is 216 Å². The number of ether oxygens (including phenoxy) is 1. The Morgan fingerprint density at radius 2 is 1.42 bits per heavy atom. The molecule has 2 fully saturated rings. The molecular weight excluding hydrogens is 501 g/mol. The predicted molar refractivity (Wildman–Crippen MR) is 134 cm³/mol. The van der Waals surface area contributed by atoms with Gasteiger partial charge < -0.3 is 4.74 Å². The number of carbonyl (C=O) groups is 4. The van der Waals surface area contributed by atoms with Crippen LogP contribution >= 0.6 is 23.2 Å². The molecule has 180 valence electrons. The van der Waals surface area contributed by atoms with Crippen LogP contribution < -0.4 is 4.90 Å². The van der Waals surface area contributed by atoms with Crippen LogP contribution in [0.15, 0.2) is 60.7 Å². The molecule has 3 aliphatic rings. The van der Waals surface area contributed by atoms with E-state index in [9.17, 15) is 19.2 Å². The average Bonchev–Trinajstić information content (AvgIpc) is 3.38. The molecule has 0 aromatic heterocycles. The van der Waals surface area contributed by atoms with Crippen LogP contribution in [-0.4, -0.2) is 29.0 Å². The Morgan fingerprint density at radius 1 is 0.806 bits per heavy atom. The van der Waals surface area contributed by atoms with Gasteiger partial charge in [0.1, 0.15) is 0 Å². The van der Waals surface area contributed by atoms with Gasteiger partial charge in [-0.2, -0.15) is 0 Å². The molecular formula is C28H19Cl2NO5. The molecule has 36 heavy (non-hydrogen) atoms. The molecule has 0 N–H and O–H groups in total. The fraction of sp³-hybridized carbons (Fsp3) is 0.214. The Kier molecular flexibility index (Phi) is 5.03. The topological polar surface area (TPSA) is 80.8 Å². The smallest absolute Gasteiger partial charge is 0.241 e. The lowest BCUT2D eigenvalue weighted by molar-refractivity contribution is -0.127. The predicted octanol–water partition coefficient (Wildman–Crippen LogP) is 5.31. The van der Waals surface area contributed by atoms with Crippen molar-refractivity contribution in [3.8, 4) is 0 Å². The summed E-state index contributed by atoms with van der Waals surface area (Å²) in [4.78, 5) is 56.7. The molecule has 0 saturated carbocycles. The highest BCUT2D eigenvalue weighted by Gasteiger charge is 2.74. The number of fused-ring (bicyclic) bond motifs is 3. The maximum atomic E-state index is 14.0. The standard InChI is InChI=1S/C28H19Cl2NO5/c1-13-9-14(2)11-16(10-13)31-26(34)21-22(27(31)35)28(24(32)17-5-3-4-6-18(17)25(28)33)36-23(21)19-8-7-15(29)12-20(19)30/h3-12,21-23H,1-2H3/t21-,22-,23-/m0/s1. The summed E-state index contributed by atoms with van der Waals surface area (Å²) in [5.41, 5.74) is 0.708. The molecule has 1 spiro atoms. The highest BCUT2D eigenvalue weighted by atomic mass is 35.5. The van der Waals surface area contributed by atoms with E-state index in [-0.39, 0.29) is 16.1 Å². The van der Waals surface area contributed by atoms with Crippen molar-refractivity contribution < 1.29 is 23.9 Å². The second-order valence-corrected chi connectivity index (χ2v) is 10.3. The van der Waals surface area contributed by atoms with Gasteiger partial charge >= 0.3 is 0 Å². The van der Waals surface area contributed by atoms with E-state index in [2.05, 4.69) is 0 Å². The van der Waals surface area contributed by atoms with E-state index in [0.29, 0.717) is 16.3 Å². The van der Waals surface area contributed by atoms with Crippen molar-refractivity contribution in [1.29, 1.82) is 0 Å². The van der Waals surface area contributed by atoms with Crippen LogP contribution in [0.25, 0.3) is 0 Å². The zero-order valence-corrected chi connectivity index (χ0v) is 20.8. The van der Waals surface area contributed by atoms with Crippen molar-refractivity contribution in [1.82, 2.24) is 0 Å². The van der Waals surface area contributed by atoms with Gasteiger partial charge in [0, 0.05) is 26.7 Å². The lowest BCUT2D eigenvalue weighted by Crippen LogP contribution is -2.51. The number of hydrogen-bond donors (Lipinski definition) is 0. The Morgan fingerprint density at radius 3 is 2.00 bits per heavy atom. The number of carbonyl (C=O) groups excluding carboxylic acids is 4. The first-order chi connectivity index (χ1) is 17.1. The second kappa shape index (κ2) is 7.84. The summed E-state index contributed by atoms with van der Waals surface area (Å²) in [6.07, 6.45) is -1.10. The summed E-state index contributed by atoms with van der Waals surface area (Å²) in [7, 11) is 0. The number of amides is 2. The fourth-order valence-corrected chi connectivity index (χ4v) is 6.38. The minimum atomic E-state index is -2.15. The zero-order valence-electron chi connectivity index (χ0n) is 19.2. The maximum absolute atomic E-state index is 14.0. The number of hydrogen-bond acceptors (Lipinski definition) is 5. The summed E-state index contributed by atoms with van der Waals surface area (Å²) in [5, 5.41) is 0.586. The van der Waals surface area contributed by atoms with Crippen molar-refractivity contribution in [3.63, 3.8) is 0 Å². The number of imide groups is 1. The van der Waals surface area contributed by atoms with Crippen molar-refractivity contribution in [2.75, 3.05) is 4.90 Å². The van der Waals surface area contributed by atoms with E-state index in [0.717, 1.165) is 16.0 Å². The molecule has 6 nitrogen and oxygen atoms in total. The molecule has 1 aliphatic carbocycles. The molecule has 3 atom stereocenters. The third-order valence-corrected chi connectivity index (χ3v) is 7.82. The summed E-state index contributed by atoms with van der Waals surface area (Å²) in [5.74, 6) is -4.88. The number of anilines is 1. The van der Waals surface area contributed by atoms with Gasteiger partial charge in [0.05, 0.1) is 23.6 Å². The lowest BCUT2D eigenvalue weighted by Gasteiger charge is -2.27. The number of rotatable bonds is 2. The number of ketones is 2. The minimum absolute atomic E-state index is 0.175. The van der Waals surface area contributed by atoms with Crippen LogP contribution in [0.4, 0.5) is 5.69 Å². The molecule has 3 aromatic rings. The van der Waals surface area contributed by atoms with Gasteiger partial charge in [-0.3, -0.25) is 19.2 Å². The first-order valence-electron chi connectivity index (χ1n) is 11.4. The summed E-state index contributed by atoms with van der Waals surface area (Å²) < 4.78 is 6.27. The quantitative estimate of drug-likeness (QED) is 0.338. The van der Waals surface area contributed by atoms with Gasteiger partial charge in [0.15, 0.2) is 0 Å². The van der Waals surface area contributed by atoms with Crippen LogP contribution in [0.3, 0.4) is 0 Å². The molecule has 0 unspecified atom stereocenters. The maximum Gasteiger partial charge on any atom is 0.241 e. The Bertz CT molecular complexity index is 1470. The molecule has 0 radical (unpaired) electrons. The first-order valence-corrected chi connectivity index (χ1v) is 12.2.